The van der Waals surface area contributed by atoms with Crippen LogP contribution in [0.5, 0.6) is 17.2 Å². The van der Waals surface area contributed by atoms with Crippen molar-refractivity contribution in [2.24, 2.45) is 5.92 Å². The lowest BCUT2D eigenvalue weighted by molar-refractivity contribution is -0.287. The predicted molar refractivity (Wildman–Crippen MR) is 106 cm³/mol. The number of halogens is 3. The first-order chi connectivity index (χ1) is 15.1. The minimum atomic E-state index is -5.36. The summed E-state index contributed by atoms with van der Waals surface area (Å²) in [4.78, 5) is 25.4. The molecule has 1 heterocycles. The SMILES string of the molecule is COc1cc([C@@H]2NC(=O)N[C@@](O)(C(F)(F)F)[C@@H]2C(=O)c2ccccc2)cc(OC)c1OC. The van der Waals surface area contributed by atoms with Gasteiger partial charge in [-0.05, 0) is 17.7 Å². The van der Waals surface area contributed by atoms with E-state index in [1.807, 2.05) is 0 Å². The Balaban J connectivity index is 2.24. The summed E-state index contributed by atoms with van der Waals surface area (Å²) in [6.07, 6.45) is -5.36. The first-order valence-corrected chi connectivity index (χ1v) is 9.34. The van der Waals surface area contributed by atoms with Gasteiger partial charge < -0.3 is 30.0 Å². The summed E-state index contributed by atoms with van der Waals surface area (Å²) in [5.41, 5.74) is -3.88. The number of Topliss-reactive ketones (excluding diaryl/α,β-unsaturated/α-hetero) is 1. The van der Waals surface area contributed by atoms with Crippen LogP contribution in [0.15, 0.2) is 42.5 Å². The zero-order valence-corrected chi connectivity index (χ0v) is 17.3. The Bertz CT molecular complexity index is 989. The maximum absolute atomic E-state index is 14.0. The second-order valence-electron chi connectivity index (χ2n) is 7.01. The average molecular weight is 454 g/mol. The zero-order valence-electron chi connectivity index (χ0n) is 17.3. The quantitative estimate of drug-likeness (QED) is 0.580. The Morgan fingerprint density at radius 2 is 1.59 bits per heavy atom. The highest BCUT2D eigenvalue weighted by Crippen LogP contribution is 2.47. The minimum Gasteiger partial charge on any atom is -0.493 e. The molecule has 3 N–H and O–H groups in total. The number of carbonyl (C=O) groups is 2. The number of nitrogens with one attached hydrogen (secondary N) is 2. The number of aliphatic hydroxyl groups is 1. The number of ether oxygens (including phenoxy) is 3. The number of hydrogen-bond acceptors (Lipinski definition) is 6. The van der Waals surface area contributed by atoms with E-state index < -0.39 is 35.7 Å². The number of methoxy groups -OCH3 is 3. The van der Waals surface area contributed by atoms with Crippen molar-refractivity contribution in [3.63, 3.8) is 0 Å². The first kappa shape index (κ1) is 23.2. The minimum absolute atomic E-state index is 0.0336. The number of urea groups is 1. The van der Waals surface area contributed by atoms with Crippen molar-refractivity contribution in [2.75, 3.05) is 21.3 Å². The summed E-state index contributed by atoms with van der Waals surface area (Å²) in [6, 6.07) is 6.90. The van der Waals surface area contributed by atoms with Gasteiger partial charge in [-0.15, -0.1) is 0 Å². The molecule has 0 unspecified atom stereocenters. The Morgan fingerprint density at radius 1 is 1.03 bits per heavy atom. The van der Waals surface area contributed by atoms with Crippen molar-refractivity contribution in [1.29, 1.82) is 0 Å². The number of carbonyl (C=O) groups excluding carboxylic acids is 2. The molecule has 1 aliphatic rings. The monoisotopic (exact) mass is 454 g/mol. The molecule has 1 saturated heterocycles. The van der Waals surface area contributed by atoms with Crippen molar-refractivity contribution in [1.82, 2.24) is 10.6 Å². The molecular formula is C21H21F3N2O6. The fourth-order valence-electron chi connectivity index (χ4n) is 3.68. The third kappa shape index (κ3) is 3.91. The van der Waals surface area contributed by atoms with E-state index in [0.29, 0.717) is 0 Å². The molecule has 1 aliphatic heterocycles. The molecule has 172 valence electrons. The Hall–Kier alpha value is -3.47. The lowest BCUT2D eigenvalue weighted by atomic mass is 9.77. The molecule has 0 aromatic heterocycles. The van der Waals surface area contributed by atoms with Gasteiger partial charge in [0.25, 0.3) is 0 Å². The van der Waals surface area contributed by atoms with E-state index in [0.717, 1.165) is 0 Å². The summed E-state index contributed by atoms with van der Waals surface area (Å²) < 4.78 is 57.7. The maximum Gasteiger partial charge on any atom is 0.437 e. The van der Waals surface area contributed by atoms with Gasteiger partial charge in [0, 0.05) is 5.56 Å². The number of rotatable bonds is 6. The molecule has 1 fully saturated rings. The molecule has 8 nitrogen and oxygen atoms in total. The Morgan fingerprint density at radius 3 is 2.06 bits per heavy atom. The van der Waals surface area contributed by atoms with Crippen LogP contribution in [0.1, 0.15) is 22.0 Å². The van der Waals surface area contributed by atoms with E-state index in [9.17, 15) is 27.9 Å². The molecule has 32 heavy (non-hydrogen) atoms. The normalized spacial score (nSPS) is 23.0. The van der Waals surface area contributed by atoms with Gasteiger partial charge in [-0.2, -0.15) is 13.2 Å². The highest BCUT2D eigenvalue weighted by Gasteiger charge is 2.66. The standard InChI is InChI=1S/C21H21F3N2O6/c1-30-13-9-12(10-14(31-2)18(13)32-3)16-15(17(27)11-7-5-4-6-8-11)20(29,21(22,23)24)26-19(28)25-16/h4-10,15-16,29H,1-3H3,(H2,25,26,28)/t15-,16-,20-/m0/s1. The fourth-order valence-corrected chi connectivity index (χ4v) is 3.68. The van der Waals surface area contributed by atoms with E-state index in [2.05, 4.69) is 5.32 Å². The lowest BCUT2D eigenvalue weighted by Gasteiger charge is -2.45. The van der Waals surface area contributed by atoms with Gasteiger partial charge in [0.2, 0.25) is 11.5 Å². The van der Waals surface area contributed by atoms with Gasteiger partial charge in [-0.25, -0.2) is 4.79 Å². The lowest BCUT2D eigenvalue weighted by Crippen LogP contribution is -2.72. The van der Waals surface area contributed by atoms with Gasteiger partial charge in [0.15, 0.2) is 17.3 Å². The topological polar surface area (TPSA) is 106 Å². The van der Waals surface area contributed by atoms with Gasteiger partial charge in [-0.1, -0.05) is 30.3 Å². The van der Waals surface area contributed by atoms with Gasteiger partial charge in [0.05, 0.1) is 27.4 Å². The van der Waals surface area contributed by atoms with Crippen molar-refractivity contribution >= 4 is 11.8 Å². The smallest absolute Gasteiger partial charge is 0.437 e. The predicted octanol–water partition coefficient (Wildman–Crippen LogP) is 2.82. The summed E-state index contributed by atoms with van der Waals surface area (Å²) in [6.45, 7) is 0. The van der Waals surface area contributed by atoms with Crippen LogP contribution >= 0.6 is 0 Å². The van der Waals surface area contributed by atoms with Crippen LogP contribution in [-0.4, -0.2) is 50.2 Å². The second kappa shape index (κ2) is 8.58. The van der Waals surface area contributed by atoms with Gasteiger partial charge in [-0.3, -0.25) is 4.79 Å². The number of benzene rings is 2. The average Bonchev–Trinajstić information content (AvgIpc) is 2.76. The van der Waals surface area contributed by atoms with Crippen molar-refractivity contribution in [3.8, 4) is 17.2 Å². The molecule has 2 aromatic carbocycles. The van der Waals surface area contributed by atoms with Crippen LogP contribution < -0.4 is 24.8 Å². The summed E-state index contributed by atoms with van der Waals surface area (Å²) in [5.74, 6) is -2.86. The van der Waals surface area contributed by atoms with Crippen LogP contribution in [0, 0.1) is 5.92 Å². The molecular weight excluding hydrogens is 433 g/mol. The summed E-state index contributed by atoms with van der Waals surface area (Å²) in [7, 11) is 3.96. The molecule has 11 heteroatoms. The van der Waals surface area contributed by atoms with E-state index in [-0.39, 0.29) is 28.4 Å². The fraction of sp³-hybridized carbons (Fsp3) is 0.333. The van der Waals surface area contributed by atoms with Crippen LogP contribution in [-0.2, 0) is 0 Å². The third-order valence-corrected chi connectivity index (χ3v) is 5.19. The summed E-state index contributed by atoms with van der Waals surface area (Å²) >= 11 is 0. The highest BCUT2D eigenvalue weighted by atomic mass is 19.4. The number of ketones is 1. The first-order valence-electron chi connectivity index (χ1n) is 9.34. The highest BCUT2D eigenvalue weighted by molar-refractivity contribution is 6.00. The van der Waals surface area contributed by atoms with Crippen molar-refractivity contribution in [3.05, 3.63) is 53.6 Å². The van der Waals surface area contributed by atoms with E-state index in [4.69, 9.17) is 14.2 Å². The molecule has 3 atom stereocenters. The van der Waals surface area contributed by atoms with Gasteiger partial charge >= 0.3 is 12.2 Å². The molecule has 0 aliphatic carbocycles. The molecule has 0 radical (unpaired) electrons. The number of alkyl halides is 3. The van der Waals surface area contributed by atoms with Crippen LogP contribution in [0.25, 0.3) is 0 Å². The zero-order chi connectivity index (χ0) is 23.7. The largest absolute Gasteiger partial charge is 0.493 e. The number of amides is 2. The number of hydrogen-bond donors (Lipinski definition) is 3. The van der Waals surface area contributed by atoms with Crippen molar-refractivity contribution < 1.29 is 42.1 Å². The van der Waals surface area contributed by atoms with E-state index >= 15 is 0 Å². The molecule has 3 rings (SSSR count). The molecule has 0 spiro atoms. The van der Waals surface area contributed by atoms with Crippen LogP contribution in [0.2, 0.25) is 0 Å². The summed E-state index contributed by atoms with van der Waals surface area (Å²) in [5, 5.41) is 14.5. The molecule has 0 saturated carbocycles. The van der Waals surface area contributed by atoms with E-state index in [1.54, 1.807) is 6.07 Å². The third-order valence-electron chi connectivity index (χ3n) is 5.19. The van der Waals surface area contributed by atoms with Crippen molar-refractivity contribution in [2.45, 2.75) is 17.9 Å². The van der Waals surface area contributed by atoms with Crippen LogP contribution in [0.3, 0.4) is 0 Å². The maximum atomic E-state index is 14.0. The van der Waals surface area contributed by atoms with Gasteiger partial charge in [0.1, 0.15) is 5.92 Å². The molecule has 2 aromatic rings. The Labute approximate surface area is 181 Å². The Kier molecular flexibility index (Phi) is 6.22. The molecule has 0 bridgehead atoms. The van der Waals surface area contributed by atoms with Crippen LogP contribution in [0.4, 0.5) is 18.0 Å². The second-order valence-corrected chi connectivity index (χ2v) is 7.01. The van der Waals surface area contributed by atoms with E-state index in [1.165, 1.54) is 63.0 Å². The molecule has 2 amide bonds.